The quantitative estimate of drug-likeness (QED) is 0.896. The third-order valence-corrected chi connectivity index (χ3v) is 4.54. The molecule has 1 aromatic carbocycles. The van der Waals surface area contributed by atoms with Crippen LogP contribution >= 0.6 is 0 Å². The average Bonchev–Trinajstić information content (AvgIpc) is 2.86. The maximum Gasteiger partial charge on any atom is 0.134 e. The molecule has 2 N–H and O–H groups in total. The predicted octanol–water partition coefficient (Wildman–Crippen LogP) is 3.46. The van der Waals surface area contributed by atoms with Crippen LogP contribution in [0.4, 0.5) is 0 Å². The van der Waals surface area contributed by atoms with Crippen LogP contribution in [0.5, 0.6) is 0 Å². The Morgan fingerprint density at radius 3 is 2.85 bits per heavy atom. The van der Waals surface area contributed by atoms with E-state index >= 15 is 0 Å². The van der Waals surface area contributed by atoms with Gasteiger partial charge in [-0.25, -0.2) is 0 Å². The first-order valence-corrected chi connectivity index (χ1v) is 7.54. The normalized spacial score (nSPS) is 27.0. The number of benzene rings is 1. The van der Waals surface area contributed by atoms with Crippen LogP contribution in [0.3, 0.4) is 0 Å². The zero-order chi connectivity index (χ0) is 14.0. The Labute approximate surface area is 120 Å². The highest BCUT2D eigenvalue weighted by Gasteiger charge is 2.31. The fourth-order valence-corrected chi connectivity index (χ4v) is 3.08. The summed E-state index contributed by atoms with van der Waals surface area (Å²) in [6, 6.07) is 8.06. The zero-order valence-corrected chi connectivity index (χ0v) is 12.1. The third kappa shape index (κ3) is 2.89. The van der Waals surface area contributed by atoms with E-state index in [0.29, 0.717) is 6.54 Å². The van der Waals surface area contributed by atoms with Gasteiger partial charge in [-0.15, -0.1) is 0 Å². The zero-order valence-electron chi connectivity index (χ0n) is 12.1. The number of para-hydroxylation sites is 1. The Bertz CT molecular complexity index is 567. The lowest BCUT2D eigenvalue weighted by atomic mass is 9.79. The summed E-state index contributed by atoms with van der Waals surface area (Å²) in [6.07, 6.45) is 5.89. The van der Waals surface area contributed by atoms with Crippen LogP contribution in [0, 0.1) is 5.92 Å². The molecule has 0 unspecified atom stereocenters. The molecule has 0 bridgehead atoms. The summed E-state index contributed by atoms with van der Waals surface area (Å²) in [5, 5.41) is 15.1. The Morgan fingerprint density at radius 1 is 1.30 bits per heavy atom. The molecule has 1 fully saturated rings. The first-order chi connectivity index (χ1) is 9.66. The SMILES string of the molecule is CC1CCC(O)(CNCc2coc3ccccc23)CC1. The summed E-state index contributed by atoms with van der Waals surface area (Å²) in [7, 11) is 0. The van der Waals surface area contributed by atoms with Gasteiger partial charge in [0.15, 0.2) is 0 Å². The fourth-order valence-electron chi connectivity index (χ4n) is 3.08. The van der Waals surface area contributed by atoms with Crippen molar-refractivity contribution in [2.24, 2.45) is 5.92 Å². The molecule has 2 aromatic rings. The fraction of sp³-hybridized carbons (Fsp3) is 0.529. The molecule has 1 aromatic heterocycles. The van der Waals surface area contributed by atoms with Gasteiger partial charge in [0.2, 0.25) is 0 Å². The highest BCUT2D eigenvalue weighted by atomic mass is 16.3. The van der Waals surface area contributed by atoms with Crippen molar-refractivity contribution in [2.45, 2.75) is 44.8 Å². The van der Waals surface area contributed by atoms with Crippen molar-refractivity contribution in [3.05, 3.63) is 36.1 Å². The Balaban J connectivity index is 1.57. The number of hydrogen-bond acceptors (Lipinski definition) is 3. The van der Waals surface area contributed by atoms with Crippen LogP contribution in [0.2, 0.25) is 0 Å². The van der Waals surface area contributed by atoms with E-state index in [1.54, 1.807) is 0 Å². The molecule has 0 aliphatic heterocycles. The van der Waals surface area contributed by atoms with Gasteiger partial charge in [0.05, 0.1) is 11.9 Å². The molecule has 1 aliphatic rings. The molecule has 1 saturated carbocycles. The van der Waals surface area contributed by atoms with E-state index in [1.807, 2.05) is 24.5 Å². The molecule has 0 atom stereocenters. The average molecular weight is 273 g/mol. The molecular weight excluding hydrogens is 250 g/mol. The summed E-state index contributed by atoms with van der Waals surface area (Å²) < 4.78 is 5.53. The predicted molar refractivity (Wildman–Crippen MR) is 80.5 cm³/mol. The number of nitrogens with one attached hydrogen (secondary N) is 1. The second-order valence-electron chi connectivity index (χ2n) is 6.27. The summed E-state index contributed by atoms with van der Waals surface area (Å²) in [6.45, 7) is 3.68. The maximum atomic E-state index is 10.5. The first kappa shape index (κ1) is 13.7. The second-order valence-corrected chi connectivity index (χ2v) is 6.27. The van der Waals surface area contributed by atoms with Crippen molar-refractivity contribution < 1.29 is 9.52 Å². The lowest BCUT2D eigenvalue weighted by Gasteiger charge is -2.35. The van der Waals surface area contributed by atoms with E-state index in [4.69, 9.17) is 4.42 Å². The summed E-state index contributed by atoms with van der Waals surface area (Å²) in [5.74, 6) is 0.757. The second kappa shape index (κ2) is 5.58. The lowest BCUT2D eigenvalue weighted by molar-refractivity contribution is -0.00629. The van der Waals surface area contributed by atoms with Gasteiger partial charge < -0.3 is 14.8 Å². The number of aliphatic hydroxyl groups is 1. The molecule has 0 saturated heterocycles. The van der Waals surface area contributed by atoms with E-state index in [9.17, 15) is 5.11 Å². The molecule has 3 rings (SSSR count). The molecular formula is C17H23NO2. The highest BCUT2D eigenvalue weighted by molar-refractivity contribution is 5.80. The lowest BCUT2D eigenvalue weighted by Crippen LogP contribution is -2.43. The van der Waals surface area contributed by atoms with Crippen molar-refractivity contribution in [3.63, 3.8) is 0 Å². The topological polar surface area (TPSA) is 45.4 Å². The third-order valence-electron chi connectivity index (χ3n) is 4.54. The molecule has 1 aliphatic carbocycles. The number of rotatable bonds is 4. The molecule has 20 heavy (non-hydrogen) atoms. The van der Waals surface area contributed by atoms with Crippen LogP contribution < -0.4 is 5.32 Å². The first-order valence-electron chi connectivity index (χ1n) is 7.54. The van der Waals surface area contributed by atoms with Crippen LogP contribution in [0.15, 0.2) is 34.9 Å². The molecule has 108 valence electrons. The van der Waals surface area contributed by atoms with Gasteiger partial charge in [-0.2, -0.15) is 0 Å². The minimum absolute atomic E-state index is 0.522. The molecule has 0 radical (unpaired) electrons. The van der Waals surface area contributed by atoms with E-state index in [0.717, 1.165) is 54.7 Å². The molecule has 1 heterocycles. The van der Waals surface area contributed by atoms with Crippen molar-refractivity contribution in [3.8, 4) is 0 Å². The van der Waals surface area contributed by atoms with Gasteiger partial charge in [-0.1, -0.05) is 25.1 Å². The number of furan rings is 1. The van der Waals surface area contributed by atoms with Crippen LogP contribution in [-0.2, 0) is 6.54 Å². The Hall–Kier alpha value is -1.32. The van der Waals surface area contributed by atoms with Crippen LogP contribution in [0.25, 0.3) is 11.0 Å². The Morgan fingerprint density at radius 2 is 2.05 bits per heavy atom. The summed E-state index contributed by atoms with van der Waals surface area (Å²) in [4.78, 5) is 0. The van der Waals surface area contributed by atoms with Gasteiger partial charge in [0.25, 0.3) is 0 Å². The van der Waals surface area contributed by atoms with Crippen molar-refractivity contribution in [2.75, 3.05) is 6.54 Å². The largest absolute Gasteiger partial charge is 0.464 e. The minimum atomic E-state index is -0.522. The summed E-state index contributed by atoms with van der Waals surface area (Å²) in [5.41, 5.74) is 1.56. The van der Waals surface area contributed by atoms with Gasteiger partial charge in [-0.3, -0.25) is 0 Å². The van der Waals surface area contributed by atoms with E-state index in [2.05, 4.69) is 18.3 Å². The summed E-state index contributed by atoms with van der Waals surface area (Å²) >= 11 is 0. The van der Waals surface area contributed by atoms with E-state index in [1.165, 1.54) is 0 Å². The minimum Gasteiger partial charge on any atom is -0.464 e. The van der Waals surface area contributed by atoms with Crippen molar-refractivity contribution in [1.82, 2.24) is 5.32 Å². The molecule has 0 amide bonds. The number of hydrogen-bond donors (Lipinski definition) is 2. The maximum absolute atomic E-state index is 10.5. The Kier molecular flexibility index (Phi) is 3.81. The van der Waals surface area contributed by atoms with Crippen molar-refractivity contribution >= 4 is 11.0 Å². The van der Waals surface area contributed by atoms with Gasteiger partial charge in [0.1, 0.15) is 5.58 Å². The van der Waals surface area contributed by atoms with Gasteiger partial charge in [0, 0.05) is 24.0 Å². The molecule has 0 spiro atoms. The number of fused-ring (bicyclic) bond motifs is 1. The monoisotopic (exact) mass is 273 g/mol. The van der Waals surface area contributed by atoms with Crippen molar-refractivity contribution in [1.29, 1.82) is 0 Å². The van der Waals surface area contributed by atoms with Crippen LogP contribution in [-0.4, -0.2) is 17.3 Å². The van der Waals surface area contributed by atoms with E-state index < -0.39 is 5.60 Å². The van der Waals surface area contributed by atoms with Gasteiger partial charge >= 0.3 is 0 Å². The standard InChI is InChI=1S/C17H23NO2/c1-13-6-8-17(19,9-7-13)12-18-10-14-11-20-16-5-3-2-4-15(14)16/h2-5,11,13,18-19H,6-10,12H2,1H3. The van der Waals surface area contributed by atoms with E-state index in [-0.39, 0.29) is 0 Å². The molecule has 3 heteroatoms. The smallest absolute Gasteiger partial charge is 0.134 e. The van der Waals surface area contributed by atoms with Gasteiger partial charge in [-0.05, 0) is 37.7 Å². The highest BCUT2D eigenvalue weighted by Crippen LogP contribution is 2.31. The van der Waals surface area contributed by atoms with Crippen LogP contribution in [0.1, 0.15) is 38.2 Å². The molecule has 3 nitrogen and oxygen atoms in total.